The maximum Gasteiger partial charge on any atom is 0.254 e. The molecule has 1 aliphatic rings. The van der Waals surface area contributed by atoms with E-state index in [2.05, 4.69) is 17.0 Å². The van der Waals surface area contributed by atoms with E-state index in [0.717, 1.165) is 60.4 Å². The second kappa shape index (κ2) is 9.13. The molecule has 1 saturated heterocycles. The quantitative estimate of drug-likeness (QED) is 0.711. The standard InChI is InChI=1S/C24H31NO3/c1-17-8-9-18(2)21(15-17)24(26)25-14-6-5-7-20(25)12-10-19-11-13-22(27-3)23(16-19)28-4/h8-9,11,13,15-16,20H,5-7,10,12,14H2,1-4H3. The van der Waals surface area contributed by atoms with Crippen molar-refractivity contribution in [2.24, 2.45) is 0 Å². The largest absolute Gasteiger partial charge is 0.493 e. The van der Waals surface area contributed by atoms with Crippen molar-refractivity contribution < 1.29 is 14.3 Å². The molecule has 2 aromatic carbocycles. The zero-order valence-electron chi connectivity index (χ0n) is 17.5. The molecule has 2 aromatic rings. The normalized spacial score (nSPS) is 16.7. The van der Waals surface area contributed by atoms with Gasteiger partial charge >= 0.3 is 0 Å². The smallest absolute Gasteiger partial charge is 0.254 e. The first-order valence-corrected chi connectivity index (χ1v) is 10.1. The van der Waals surface area contributed by atoms with Crippen LogP contribution in [-0.4, -0.2) is 37.6 Å². The molecule has 1 amide bonds. The molecule has 4 nitrogen and oxygen atoms in total. The fraction of sp³-hybridized carbons (Fsp3) is 0.458. The second-order valence-corrected chi connectivity index (χ2v) is 7.69. The van der Waals surface area contributed by atoms with Crippen molar-refractivity contribution >= 4 is 5.91 Å². The van der Waals surface area contributed by atoms with E-state index in [1.807, 2.05) is 38.1 Å². The molecular formula is C24H31NO3. The lowest BCUT2D eigenvalue weighted by atomic mass is 9.94. The van der Waals surface area contributed by atoms with Crippen molar-refractivity contribution in [3.8, 4) is 11.5 Å². The third-order valence-corrected chi connectivity index (χ3v) is 5.73. The van der Waals surface area contributed by atoms with Crippen molar-refractivity contribution in [2.45, 2.75) is 52.0 Å². The van der Waals surface area contributed by atoms with Crippen LogP contribution in [0.3, 0.4) is 0 Å². The highest BCUT2D eigenvalue weighted by atomic mass is 16.5. The van der Waals surface area contributed by atoms with E-state index in [1.165, 1.54) is 12.0 Å². The topological polar surface area (TPSA) is 38.8 Å². The molecule has 1 heterocycles. The van der Waals surface area contributed by atoms with E-state index < -0.39 is 0 Å². The van der Waals surface area contributed by atoms with E-state index in [4.69, 9.17) is 9.47 Å². The number of ether oxygens (including phenoxy) is 2. The van der Waals surface area contributed by atoms with Gasteiger partial charge < -0.3 is 14.4 Å². The summed E-state index contributed by atoms with van der Waals surface area (Å²) in [5.74, 6) is 1.68. The fourth-order valence-electron chi connectivity index (χ4n) is 4.06. The maximum atomic E-state index is 13.3. The number of benzene rings is 2. The number of carbonyl (C=O) groups excluding carboxylic acids is 1. The minimum absolute atomic E-state index is 0.179. The van der Waals surface area contributed by atoms with Crippen LogP contribution in [0.2, 0.25) is 0 Å². The van der Waals surface area contributed by atoms with Gasteiger partial charge in [0.05, 0.1) is 14.2 Å². The van der Waals surface area contributed by atoms with Gasteiger partial charge in [0.25, 0.3) is 5.91 Å². The van der Waals surface area contributed by atoms with Crippen molar-refractivity contribution in [3.63, 3.8) is 0 Å². The van der Waals surface area contributed by atoms with E-state index in [0.29, 0.717) is 0 Å². The number of amides is 1. The van der Waals surface area contributed by atoms with Crippen LogP contribution in [0, 0.1) is 13.8 Å². The van der Waals surface area contributed by atoms with Crippen LogP contribution in [0.4, 0.5) is 0 Å². The molecule has 0 bridgehead atoms. The van der Waals surface area contributed by atoms with Gasteiger partial charge in [-0.3, -0.25) is 4.79 Å². The molecule has 1 atom stereocenters. The summed E-state index contributed by atoms with van der Waals surface area (Å²) in [5.41, 5.74) is 4.24. The molecule has 0 aromatic heterocycles. The molecule has 0 saturated carbocycles. The monoisotopic (exact) mass is 381 g/mol. The van der Waals surface area contributed by atoms with Crippen molar-refractivity contribution in [1.82, 2.24) is 4.90 Å². The molecule has 4 heteroatoms. The van der Waals surface area contributed by atoms with Crippen molar-refractivity contribution in [2.75, 3.05) is 20.8 Å². The Labute approximate surface area is 168 Å². The first-order valence-electron chi connectivity index (χ1n) is 10.1. The highest BCUT2D eigenvalue weighted by Crippen LogP contribution is 2.29. The Balaban J connectivity index is 1.73. The minimum Gasteiger partial charge on any atom is -0.493 e. The van der Waals surface area contributed by atoms with Gasteiger partial charge in [-0.25, -0.2) is 0 Å². The number of rotatable bonds is 6. The molecule has 3 rings (SSSR count). The molecule has 150 valence electrons. The molecule has 1 aliphatic heterocycles. The average Bonchev–Trinajstić information content (AvgIpc) is 2.73. The number of piperidine rings is 1. The SMILES string of the molecule is COc1ccc(CCC2CCCCN2C(=O)c2cc(C)ccc2C)cc1OC. The minimum atomic E-state index is 0.179. The molecule has 28 heavy (non-hydrogen) atoms. The highest BCUT2D eigenvalue weighted by Gasteiger charge is 2.28. The van der Waals surface area contributed by atoms with E-state index >= 15 is 0 Å². The summed E-state index contributed by atoms with van der Waals surface area (Å²) in [5, 5.41) is 0. The molecule has 0 aliphatic carbocycles. The zero-order valence-corrected chi connectivity index (χ0v) is 17.5. The van der Waals surface area contributed by atoms with Crippen LogP contribution in [0.1, 0.15) is 52.7 Å². The maximum absolute atomic E-state index is 13.3. The van der Waals surface area contributed by atoms with Crippen LogP contribution < -0.4 is 9.47 Å². The summed E-state index contributed by atoms with van der Waals surface area (Å²) in [7, 11) is 3.31. The summed E-state index contributed by atoms with van der Waals surface area (Å²) in [6.07, 6.45) is 5.23. The number of likely N-dealkylation sites (tertiary alicyclic amines) is 1. The lowest BCUT2D eigenvalue weighted by Gasteiger charge is -2.36. The third-order valence-electron chi connectivity index (χ3n) is 5.73. The average molecular weight is 382 g/mol. The lowest BCUT2D eigenvalue weighted by molar-refractivity contribution is 0.0601. The van der Waals surface area contributed by atoms with Gasteiger partial charge in [0.1, 0.15) is 0 Å². The summed E-state index contributed by atoms with van der Waals surface area (Å²) >= 11 is 0. The van der Waals surface area contributed by atoms with Crippen molar-refractivity contribution in [3.05, 3.63) is 58.7 Å². The van der Waals surface area contributed by atoms with Crippen LogP contribution in [0.25, 0.3) is 0 Å². The number of methoxy groups -OCH3 is 2. The number of hydrogen-bond donors (Lipinski definition) is 0. The van der Waals surface area contributed by atoms with Crippen molar-refractivity contribution in [1.29, 1.82) is 0 Å². The van der Waals surface area contributed by atoms with Gasteiger partial charge in [-0.2, -0.15) is 0 Å². The highest BCUT2D eigenvalue weighted by molar-refractivity contribution is 5.96. The predicted octanol–water partition coefficient (Wildman–Crippen LogP) is 4.95. The zero-order chi connectivity index (χ0) is 20.1. The van der Waals surface area contributed by atoms with E-state index in [-0.39, 0.29) is 11.9 Å². The first-order chi connectivity index (χ1) is 13.5. The van der Waals surface area contributed by atoms with Crippen LogP contribution in [-0.2, 0) is 6.42 Å². The molecular weight excluding hydrogens is 350 g/mol. The number of aryl methyl sites for hydroxylation is 3. The Kier molecular flexibility index (Phi) is 6.61. The molecule has 0 radical (unpaired) electrons. The molecule has 1 fully saturated rings. The number of hydrogen-bond acceptors (Lipinski definition) is 3. The second-order valence-electron chi connectivity index (χ2n) is 7.69. The van der Waals surface area contributed by atoms with Gasteiger partial charge in [-0.1, -0.05) is 23.8 Å². The Morgan fingerprint density at radius 2 is 1.82 bits per heavy atom. The Morgan fingerprint density at radius 1 is 1.04 bits per heavy atom. The summed E-state index contributed by atoms with van der Waals surface area (Å²) in [4.78, 5) is 15.4. The van der Waals surface area contributed by atoms with Crippen LogP contribution in [0.15, 0.2) is 36.4 Å². The molecule has 0 N–H and O–H groups in total. The Hall–Kier alpha value is -2.49. The van der Waals surface area contributed by atoms with Crippen LogP contribution >= 0.6 is 0 Å². The summed E-state index contributed by atoms with van der Waals surface area (Å²) in [6.45, 7) is 4.92. The Morgan fingerprint density at radius 3 is 2.57 bits per heavy atom. The third kappa shape index (κ3) is 4.49. The Bertz CT molecular complexity index is 831. The first kappa shape index (κ1) is 20.2. The van der Waals surface area contributed by atoms with Gasteiger partial charge in [-0.15, -0.1) is 0 Å². The van der Waals surface area contributed by atoms with Gasteiger partial charge in [0.2, 0.25) is 0 Å². The van der Waals surface area contributed by atoms with E-state index in [1.54, 1.807) is 14.2 Å². The van der Waals surface area contributed by atoms with Crippen LogP contribution in [0.5, 0.6) is 11.5 Å². The predicted molar refractivity (Wildman–Crippen MR) is 112 cm³/mol. The number of nitrogens with zero attached hydrogens (tertiary/aromatic N) is 1. The van der Waals surface area contributed by atoms with Gasteiger partial charge in [0.15, 0.2) is 11.5 Å². The van der Waals surface area contributed by atoms with Gasteiger partial charge in [-0.05, 0) is 75.3 Å². The van der Waals surface area contributed by atoms with Gasteiger partial charge in [0, 0.05) is 18.2 Å². The number of carbonyl (C=O) groups is 1. The fourth-order valence-corrected chi connectivity index (χ4v) is 4.06. The lowest BCUT2D eigenvalue weighted by Crippen LogP contribution is -2.44. The molecule has 1 unspecified atom stereocenters. The van der Waals surface area contributed by atoms with E-state index in [9.17, 15) is 4.79 Å². The summed E-state index contributed by atoms with van der Waals surface area (Å²) in [6, 6.07) is 12.5. The summed E-state index contributed by atoms with van der Waals surface area (Å²) < 4.78 is 10.7. The molecule has 0 spiro atoms.